The van der Waals surface area contributed by atoms with E-state index in [1.807, 2.05) is 0 Å². The number of hydrogen-bond acceptors (Lipinski definition) is 2. The first-order chi connectivity index (χ1) is 8.97. The van der Waals surface area contributed by atoms with E-state index in [-0.39, 0.29) is 10.2 Å². The Morgan fingerprint density at radius 2 is 1.89 bits per heavy atom. The van der Waals surface area contributed by atoms with Crippen LogP contribution >= 0.6 is 31.9 Å². The largest absolute Gasteiger partial charge is 0.319 e. The Balaban J connectivity index is 2.27. The monoisotopic (exact) mass is 390 g/mol. The summed E-state index contributed by atoms with van der Waals surface area (Å²) in [5, 5.41) is 2.36. The van der Waals surface area contributed by atoms with Gasteiger partial charge in [0.1, 0.15) is 16.2 Å². The van der Waals surface area contributed by atoms with Gasteiger partial charge in [0.05, 0.1) is 10.2 Å². The first-order valence-electron chi connectivity index (χ1n) is 5.05. The Bertz CT molecular complexity index is 650. The van der Waals surface area contributed by atoms with Crippen molar-refractivity contribution in [1.29, 1.82) is 0 Å². The summed E-state index contributed by atoms with van der Waals surface area (Å²) in [6.07, 6.45) is 1.44. The number of carbonyl (C=O) groups excluding carboxylic acids is 1. The lowest BCUT2D eigenvalue weighted by molar-refractivity contribution is 0.102. The quantitative estimate of drug-likeness (QED) is 0.617. The van der Waals surface area contributed by atoms with Crippen molar-refractivity contribution in [2.75, 3.05) is 5.32 Å². The molecule has 0 aliphatic rings. The van der Waals surface area contributed by atoms with Crippen LogP contribution in [0, 0.1) is 11.6 Å². The van der Waals surface area contributed by atoms with Gasteiger partial charge in [-0.15, -0.1) is 0 Å². The fourth-order valence-corrected chi connectivity index (χ4v) is 2.06. The summed E-state index contributed by atoms with van der Waals surface area (Å²) < 4.78 is 27.1. The second kappa shape index (κ2) is 5.75. The summed E-state index contributed by atoms with van der Waals surface area (Å²) in [5.74, 6) is -2.09. The molecule has 7 heteroatoms. The summed E-state index contributed by atoms with van der Waals surface area (Å²) in [6, 6.07) is 4.84. The van der Waals surface area contributed by atoms with Crippen LogP contribution in [0.5, 0.6) is 0 Å². The number of benzene rings is 1. The second-order valence-electron chi connectivity index (χ2n) is 3.57. The molecule has 2 rings (SSSR count). The normalized spacial score (nSPS) is 10.3. The molecule has 0 atom stereocenters. The van der Waals surface area contributed by atoms with E-state index in [4.69, 9.17) is 0 Å². The molecule has 1 amide bonds. The number of carbonyl (C=O) groups is 1. The van der Waals surface area contributed by atoms with Crippen LogP contribution in [0.1, 0.15) is 10.4 Å². The van der Waals surface area contributed by atoms with Crippen molar-refractivity contribution in [1.82, 2.24) is 4.98 Å². The predicted molar refractivity (Wildman–Crippen MR) is 73.9 cm³/mol. The first-order valence-corrected chi connectivity index (χ1v) is 6.63. The maximum absolute atomic E-state index is 13.5. The summed E-state index contributed by atoms with van der Waals surface area (Å²) >= 11 is 6.06. The SMILES string of the molecule is O=C(Nc1cc(Br)c(F)cc1F)c1ccnc(Br)c1. The molecule has 0 aliphatic heterocycles. The zero-order valence-corrected chi connectivity index (χ0v) is 12.4. The molecule has 19 heavy (non-hydrogen) atoms. The van der Waals surface area contributed by atoms with Crippen LogP contribution in [0.3, 0.4) is 0 Å². The van der Waals surface area contributed by atoms with Gasteiger partial charge in [0, 0.05) is 17.8 Å². The second-order valence-corrected chi connectivity index (χ2v) is 5.23. The minimum Gasteiger partial charge on any atom is -0.319 e. The average molecular weight is 392 g/mol. The number of nitrogens with zero attached hydrogens (tertiary/aromatic N) is 1. The topological polar surface area (TPSA) is 42.0 Å². The lowest BCUT2D eigenvalue weighted by Crippen LogP contribution is -2.13. The molecule has 1 heterocycles. The first kappa shape index (κ1) is 14.1. The fraction of sp³-hybridized carbons (Fsp3) is 0. The summed E-state index contributed by atoms with van der Waals surface area (Å²) in [5.41, 5.74) is 0.202. The standard InChI is InChI=1S/C12H6Br2F2N2O/c13-7-4-10(9(16)5-8(7)15)18-12(19)6-1-2-17-11(14)3-6/h1-5H,(H,18,19). The molecular formula is C12H6Br2F2N2O. The molecule has 0 fully saturated rings. The minimum atomic E-state index is -0.845. The summed E-state index contributed by atoms with van der Waals surface area (Å²) in [4.78, 5) is 15.8. The number of hydrogen-bond donors (Lipinski definition) is 1. The number of aromatic nitrogens is 1. The number of anilines is 1. The third-order valence-corrected chi connectivity index (χ3v) is 3.29. The van der Waals surface area contributed by atoms with E-state index in [0.29, 0.717) is 16.2 Å². The van der Waals surface area contributed by atoms with E-state index in [2.05, 4.69) is 42.2 Å². The van der Waals surface area contributed by atoms with Crippen molar-refractivity contribution in [3.05, 3.63) is 56.7 Å². The molecular weight excluding hydrogens is 386 g/mol. The Morgan fingerprint density at radius 3 is 2.58 bits per heavy atom. The van der Waals surface area contributed by atoms with Crippen LogP contribution < -0.4 is 5.32 Å². The maximum atomic E-state index is 13.5. The van der Waals surface area contributed by atoms with Gasteiger partial charge in [-0.2, -0.15) is 0 Å². The molecule has 2 aromatic rings. The maximum Gasteiger partial charge on any atom is 0.255 e. The molecule has 0 spiro atoms. The molecule has 0 aliphatic carbocycles. The van der Waals surface area contributed by atoms with Crippen LogP contribution in [0.4, 0.5) is 14.5 Å². The van der Waals surface area contributed by atoms with E-state index in [0.717, 1.165) is 0 Å². The Labute approximate surface area is 124 Å². The minimum absolute atomic E-state index is 0.0695. The molecule has 0 unspecified atom stereocenters. The van der Waals surface area contributed by atoms with Gasteiger partial charge >= 0.3 is 0 Å². The smallest absolute Gasteiger partial charge is 0.255 e. The van der Waals surface area contributed by atoms with Gasteiger partial charge in [-0.1, -0.05) is 0 Å². The van der Waals surface area contributed by atoms with E-state index in [1.54, 1.807) is 0 Å². The van der Waals surface area contributed by atoms with Gasteiger partial charge in [0.2, 0.25) is 0 Å². The van der Waals surface area contributed by atoms with Crippen LogP contribution in [0.2, 0.25) is 0 Å². The van der Waals surface area contributed by atoms with Crippen LogP contribution in [-0.4, -0.2) is 10.9 Å². The number of pyridine rings is 1. The summed E-state index contributed by atoms with van der Waals surface area (Å²) in [7, 11) is 0. The Hall–Kier alpha value is -1.34. The average Bonchev–Trinajstić information content (AvgIpc) is 2.36. The zero-order valence-electron chi connectivity index (χ0n) is 9.25. The van der Waals surface area contributed by atoms with Crippen molar-refractivity contribution in [2.45, 2.75) is 0 Å². The van der Waals surface area contributed by atoms with E-state index >= 15 is 0 Å². The van der Waals surface area contributed by atoms with Crippen molar-refractivity contribution < 1.29 is 13.6 Å². The van der Waals surface area contributed by atoms with Crippen LogP contribution in [0.25, 0.3) is 0 Å². The van der Waals surface area contributed by atoms with Crippen molar-refractivity contribution in [3.63, 3.8) is 0 Å². The van der Waals surface area contributed by atoms with Gasteiger partial charge in [0.15, 0.2) is 0 Å². The van der Waals surface area contributed by atoms with Gasteiger partial charge in [-0.3, -0.25) is 4.79 Å². The third kappa shape index (κ3) is 3.36. The highest BCUT2D eigenvalue weighted by Gasteiger charge is 2.12. The number of amides is 1. The highest BCUT2D eigenvalue weighted by atomic mass is 79.9. The lowest BCUT2D eigenvalue weighted by Gasteiger charge is -2.07. The van der Waals surface area contributed by atoms with Gasteiger partial charge in [0.25, 0.3) is 5.91 Å². The molecule has 0 radical (unpaired) electrons. The molecule has 0 bridgehead atoms. The van der Waals surface area contributed by atoms with Gasteiger partial charge in [-0.25, -0.2) is 13.8 Å². The Morgan fingerprint density at radius 1 is 1.16 bits per heavy atom. The Kier molecular flexibility index (Phi) is 4.26. The molecule has 0 saturated carbocycles. The lowest BCUT2D eigenvalue weighted by atomic mass is 10.2. The van der Waals surface area contributed by atoms with Crippen LogP contribution in [0.15, 0.2) is 39.5 Å². The number of rotatable bonds is 2. The fourth-order valence-electron chi connectivity index (χ4n) is 1.36. The van der Waals surface area contributed by atoms with Gasteiger partial charge < -0.3 is 5.32 Å². The van der Waals surface area contributed by atoms with Gasteiger partial charge in [-0.05, 0) is 50.1 Å². The van der Waals surface area contributed by atoms with E-state index in [9.17, 15) is 13.6 Å². The summed E-state index contributed by atoms with van der Waals surface area (Å²) in [6.45, 7) is 0. The molecule has 0 saturated heterocycles. The predicted octanol–water partition coefficient (Wildman–Crippen LogP) is 4.14. The zero-order chi connectivity index (χ0) is 14.0. The van der Waals surface area contributed by atoms with Crippen molar-refractivity contribution in [3.8, 4) is 0 Å². The molecule has 1 aromatic carbocycles. The highest BCUT2D eigenvalue weighted by molar-refractivity contribution is 9.10. The number of halogens is 4. The third-order valence-electron chi connectivity index (χ3n) is 2.25. The molecule has 98 valence electrons. The molecule has 3 nitrogen and oxygen atoms in total. The van der Waals surface area contributed by atoms with Crippen molar-refractivity contribution >= 4 is 43.5 Å². The number of nitrogens with one attached hydrogen (secondary N) is 1. The molecule has 1 aromatic heterocycles. The molecule has 1 N–H and O–H groups in total. The highest BCUT2D eigenvalue weighted by Crippen LogP contribution is 2.24. The van der Waals surface area contributed by atoms with Crippen molar-refractivity contribution in [2.24, 2.45) is 0 Å². The van der Waals surface area contributed by atoms with E-state index < -0.39 is 17.5 Å². The van der Waals surface area contributed by atoms with E-state index in [1.165, 1.54) is 24.4 Å². The van der Waals surface area contributed by atoms with Crippen LogP contribution in [-0.2, 0) is 0 Å².